The zero-order chi connectivity index (χ0) is 23.7. The number of methoxy groups -OCH3 is 2. The van der Waals surface area contributed by atoms with Crippen LogP contribution in [0.2, 0.25) is 0 Å². The van der Waals surface area contributed by atoms with Gasteiger partial charge in [-0.15, -0.1) is 28.1 Å². The van der Waals surface area contributed by atoms with E-state index in [0.29, 0.717) is 27.4 Å². The largest absolute Gasteiger partial charge is 0.465 e. The van der Waals surface area contributed by atoms with E-state index in [2.05, 4.69) is 16.8 Å². The predicted octanol–water partition coefficient (Wildman–Crippen LogP) is 2.74. The third-order valence-corrected chi connectivity index (χ3v) is 6.93. The minimum atomic E-state index is -0.647. The molecule has 1 aromatic carbocycles. The number of anilines is 1. The van der Waals surface area contributed by atoms with Crippen LogP contribution in [-0.4, -0.2) is 45.3 Å². The van der Waals surface area contributed by atoms with Gasteiger partial charge in [0.05, 0.1) is 30.7 Å². The van der Waals surface area contributed by atoms with Crippen LogP contribution >= 0.6 is 23.1 Å². The van der Waals surface area contributed by atoms with Gasteiger partial charge in [0, 0.05) is 17.9 Å². The van der Waals surface area contributed by atoms with Gasteiger partial charge >= 0.3 is 11.9 Å². The van der Waals surface area contributed by atoms with E-state index in [9.17, 15) is 14.4 Å². The van der Waals surface area contributed by atoms with Gasteiger partial charge in [0.2, 0.25) is 5.78 Å². The molecule has 0 spiro atoms. The van der Waals surface area contributed by atoms with E-state index in [1.807, 2.05) is 6.07 Å². The molecule has 0 atom stereocenters. The fraction of sp³-hybridized carbons (Fsp3) is 0.190. The maximum absolute atomic E-state index is 12.9. The second-order valence-corrected chi connectivity index (χ2v) is 8.76. The number of nitrogens with two attached hydrogens (primary N) is 1. The highest BCUT2D eigenvalue weighted by Crippen LogP contribution is 2.36. The van der Waals surface area contributed by atoms with E-state index in [4.69, 9.17) is 15.2 Å². The Morgan fingerprint density at radius 1 is 1.21 bits per heavy atom. The minimum absolute atomic E-state index is 0.123. The molecule has 2 N–H and O–H groups in total. The number of carbonyl (C=O) groups is 2. The third kappa shape index (κ3) is 3.76. The number of aromatic nitrogens is 4. The van der Waals surface area contributed by atoms with Gasteiger partial charge in [-0.1, -0.05) is 30.0 Å². The summed E-state index contributed by atoms with van der Waals surface area (Å²) in [5.41, 5.74) is 6.96. The Labute approximate surface area is 195 Å². The van der Waals surface area contributed by atoms with Gasteiger partial charge in [-0.2, -0.15) is 0 Å². The number of thioether (sulfide) groups is 1. The minimum Gasteiger partial charge on any atom is -0.465 e. The lowest BCUT2D eigenvalue weighted by molar-refractivity contribution is 0.0601. The van der Waals surface area contributed by atoms with Crippen LogP contribution in [0, 0.1) is 0 Å². The van der Waals surface area contributed by atoms with Crippen molar-refractivity contribution in [3.8, 4) is 0 Å². The molecule has 0 radical (unpaired) electrons. The summed E-state index contributed by atoms with van der Waals surface area (Å²) in [4.78, 5) is 37.8. The SMILES string of the molecule is C=CCn1c(=O)c2ccccc2n2c(SCc3c(C(=O)OC)sc(N)c3C(=O)OC)nnc12. The number of hydrogen-bond donors (Lipinski definition) is 1. The molecule has 0 unspecified atom stereocenters. The zero-order valence-electron chi connectivity index (χ0n) is 17.7. The Balaban J connectivity index is 1.85. The van der Waals surface area contributed by atoms with Gasteiger partial charge in [0.25, 0.3) is 5.56 Å². The number of carbonyl (C=O) groups excluding carboxylic acids is 2. The van der Waals surface area contributed by atoms with Crippen LogP contribution in [0.3, 0.4) is 0 Å². The summed E-state index contributed by atoms with van der Waals surface area (Å²) < 4.78 is 12.9. The number of nitrogen functional groups attached to an aromatic ring is 1. The molecule has 10 nitrogen and oxygen atoms in total. The quantitative estimate of drug-likeness (QED) is 0.238. The standard InChI is InChI=1S/C21H19N5O5S2/c1-4-9-25-17(27)11-7-5-6-8-13(11)26-20(25)23-24-21(26)32-10-12-14(18(28)30-2)16(22)33-15(12)19(29)31-3/h4-8H,1,9-10,22H2,2-3H3. The van der Waals surface area contributed by atoms with Crippen molar-refractivity contribution >= 4 is 56.7 Å². The first-order valence-corrected chi connectivity index (χ1v) is 11.4. The summed E-state index contributed by atoms with van der Waals surface area (Å²) in [7, 11) is 2.50. The molecule has 0 aliphatic carbocycles. The molecule has 0 saturated carbocycles. The van der Waals surface area contributed by atoms with Gasteiger partial charge < -0.3 is 15.2 Å². The van der Waals surface area contributed by atoms with E-state index in [0.717, 1.165) is 11.3 Å². The molecule has 3 heterocycles. The Hall–Kier alpha value is -3.64. The number of fused-ring (bicyclic) bond motifs is 3. The van der Waals surface area contributed by atoms with Gasteiger partial charge in [-0.05, 0) is 12.1 Å². The summed E-state index contributed by atoms with van der Waals surface area (Å²) in [6.07, 6.45) is 1.61. The van der Waals surface area contributed by atoms with E-state index in [-0.39, 0.29) is 33.3 Å². The van der Waals surface area contributed by atoms with E-state index < -0.39 is 11.9 Å². The topological polar surface area (TPSA) is 131 Å². The molecular weight excluding hydrogens is 466 g/mol. The van der Waals surface area contributed by atoms with Crippen LogP contribution in [0.25, 0.3) is 16.7 Å². The number of rotatable bonds is 7. The van der Waals surface area contributed by atoms with Crippen LogP contribution < -0.4 is 11.3 Å². The molecule has 4 aromatic rings. The van der Waals surface area contributed by atoms with Crippen LogP contribution in [0.1, 0.15) is 25.6 Å². The lowest BCUT2D eigenvalue weighted by atomic mass is 10.1. The highest BCUT2D eigenvalue weighted by atomic mass is 32.2. The maximum Gasteiger partial charge on any atom is 0.348 e. The van der Waals surface area contributed by atoms with Gasteiger partial charge in [-0.25, -0.2) is 9.59 Å². The lowest BCUT2D eigenvalue weighted by Gasteiger charge is -2.10. The first-order chi connectivity index (χ1) is 15.9. The Morgan fingerprint density at radius 2 is 1.94 bits per heavy atom. The highest BCUT2D eigenvalue weighted by Gasteiger charge is 2.28. The molecule has 0 bridgehead atoms. The normalized spacial score (nSPS) is 11.1. The lowest BCUT2D eigenvalue weighted by Crippen LogP contribution is -2.22. The fourth-order valence-electron chi connectivity index (χ4n) is 3.46. The third-order valence-electron chi connectivity index (χ3n) is 4.93. The molecule has 0 aliphatic heterocycles. The number of ether oxygens (including phenoxy) is 2. The van der Waals surface area contributed by atoms with Gasteiger partial charge in [0.15, 0.2) is 5.16 Å². The number of esters is 2. The summed E-state index contributed by atoms with van der Waals surface area (Å²) >= 11 is 2.20. The summed E-state index contributed by atoms with van der Waals surface area (Å²) in [6.45, 7) is 3.98. The van der Waals surface area contributed by atoms with Crippen molar-refractivity contribution < 1.29 is 19.1 Å². The van der Waals surface area contributed by atoms with Crippen LogP contribution in [0.5, 0.6) is 0 Å². The summed E-state index contributed by atoms with van der Waals surface area (Å²) in [6, 6.07) is 7.13. The molecule has 0 saturated heterocycles. The second kappa shape index (κ2) is 9.08. The molecule has 3 aromatic heterocycles. The smallest absolute Gasteiger partial charge is 0.348 e. The zero-order valence-corrected chi connectivity index (χ0v) is 19.4. The fourth-order valence-corrected chi connectivity index (χ4v) is 5.52. The van der Waals surface area contributed by atoms with Crippen molar-refractivity contribution in [1.82, 2.24) is 19.2 Å². The monoisotopic (exact) mass is 485 g/mol. The van der Waals surface area contributed by atoms with Crippen molar-refractivity contribution in [1.29, 1.82) is 0 Å². The van der Waals surface area contributed by atoms with E-state index in [1.54, 1.807) is 28.7 Å². The van der Waals surface area contributed by atoms with Crippen molar-refractivity contribution in [3.63, 3.8) is 0 Å². The Morgan fingerprint density at radius 3 is 2.64 bits per heavy atom. The molecule has 170 valence electrons. The second-order valence-electron chi connectivity index (χ2n) is 6.76. The van der Waals surface area contributed by atoms with Gasteiger partial charge in [-0.3, -0.25) is 13.8 Å². The van der Waals surface area contributed by atoms with Crippen molar-refractivity contribution in [2.45, 2.75) is 17.5 Å². The highest BCUT2D eigenvalue weighted by molar-refractivity contribution is 7.98. The Bertz CT molecular complexity index is 1470. The molecule has 0 amide bonds. The number of thiophene rings is 1. The molecule has 0 aliphatic rings. The molecular formula is C21H19N5O5S2. The molecule has 0 fully saturated rings. The average molecular weight is 486 g/mol. The number of benzene rings is 1. The molecule has 4 rings (SSSR count). The number of para-hydroxylation sites is 1. The van der Waals surface area contributed by atoms with Crippen LogP contribution in [0.4, 0.5) is 5.00 Å². The van der Waals surface area contributed by atoms with Crippen LogP contribution in [-0.2, 0) is 21.8 Å². The first-order valence-electron chi connectivity index (χ1n) is 9.61. The van der Waals surface area contributed by atoms with E-state index >= 15 is 0 Å². The van der Waals surface area contributed by atoms with Crippen LogP contribution in [0.15, 0.2) is 46.9 Å². The van der Waals surface area contributed by atoms with Gasteiger partial charge in [0.1, 0.15) is 9.88 Å². The Kier molecular flexibility index (Phi) is 6.20. The predicted molar refractivity (Wildman–Crippen MR) is 126 cm³/mol. The number of nitrogens with zero attached hydrogens (tertiary/aromatic N) is 4. The molecule has 33 heavy (non-hydrogen) atoms. The van der Waals surface area contributed by atoms with E-state index in [1.165, 1.54) is 30.5 Å². The average Bonchev–Trinajstić information content (AvgIpc) is 3.40. The summed E-state index contributed by atoms with van der Waals surface area (Å²) in [5, 5.41) is 9.61. The van der Waals surface area contributed by atoms with Crippen molar-refractivity contribution in [2.75, 3.05) is 20.0 Å². The number of allylic oxidation sites excluding steroid dienone is 1. The summed E-state index contributed by atoms with van der Waals surface area (Å²) in [5.74, 6) is -0.731. The first kappa shape index (κ1) is 22.6. The van der Waals surface area contributed by atoms with Crippen molar-refractivity contribution in [3.05, 3.63) is 63.3 Å². The maximum atomic E-state index is 12.9. The van der Waals surface area contributed by atoms with Crippen molar-refractivity contribution in [2.24, 2.45) is 0 Å². The molecule has 12 heteroatoms. The number of hydrogen-bond acceptors (Lipinski definition) is 10.